The second-order valence-corrected chi connectivity index (χ2v) is 4.03. The third-order valence-electron chi connectivity index (χ3n) is 2.64. The zero-order valence-electron chi connectivity index (χ0n) is 10.00. The fraction of sp³-hybridized carbons (Fsp3) is 0.143. The summed E-state index contributed by atoms with van der Waals surface area (Å²) in [6, 6.07) is 9.86. The lowest BCUT2D eigenvalue weighted by atomic mass is 10.1. The predicted octanol–water partition coefficient (Wildman–Crippen LogP) is 2.28. The lowest BCUT2D eigenvalue weighted by Gasteiger charge is -2.13. The zero-order chi connectivity index (χ0) is 13.0. The largest absolute Gasteiger partial charge is 0.508 e. The van der Waals surface area contributed by atoms with Gasteiger partial charge in [0.1, 0.15) is 5.75 Å². The molecule has 0 aliphatic carbocycles. The zero-order valence-corrected chi connectivity index (χ0v) is 10.00. The quantitative estimate of drug-likeness (QED) is 0.868. The average Bonchev–Trinajstić information content (AvgIpc) is 2.39. The molecule has 0 aliphatic heterocycles. The van der Waals surface area contributed by atoms with Gasteiger partial charge in [-0.15, -0.1) is 0 Å². The van der Waals surface area contributed by atoms with Gasteiger partial charge in [0.15, 0.2) is 0 Å². The standard InChI is InChI=1S/C14H14N2O2/c1-10(12-5-3-7-15-9-12)16-14(18)11-4-2-6-13(17)8-11/h2-10,17H,1H3,(H,16,18). The number of aromatic nitrogens is 1. The fourth-order valence-corrected chi connectivity index (χ4v) is 1.64. The molecular formula is C14H14N2O2. The summed E-state index contributed by atoms with van der Waals surface area (Å²) in [6.45, 7) is 1.89. The molecule has 0 bridgehead atoms. The first-order valence-corrected chi connectivity index (χ1v) is 5.66. The van der Waals surface area contributed by atoms with E-state index in [2.05, 4.69) is 10.3 Å². The van der Waals surface area contributed by atoms with Crippen molar-refractivity contribution in [3.8, 4) is 5.75 Å². The molecule has 2 aromatic rings. The molecule has 1 unspecified atom stereocenters. The molecule has 4 nitrogen and oxygen atoms in total. The van der Waals surface area contributed by atoms with Crippen molar-refractivity contribution in [1.82, 2.24) is 10.3 Å². The SMILES string of the molecule is CC(NC(=O)c1cccc(O)c1)c1cccnc1. The Kier molecular flexibility index (Phi) is 3.57. The fourth-order valence-electron chi connectivity index (χ4n) is 1.64. The number of hydrogen-bond donors (Lipinski definition) is 2. The highest BCUT2D eigenvalue weighted by atomic mass is 16.3. The van der Waals surface area contributed by atoms with Crippen LogP contribution in [0.2, 0.25) is 0 Å². The first kappa shape index (κ1) is 12.1. The maximum absolute atomic E-state index is 11.9. The van der Waals surface area contributed by atoms with Gasteiger partial charge in [0.2, 0.25) is 0 Å². The maximum Gasteiger partial charge on any atom is 0.251 e. The van der Waals surface area contributed by atoms with E-state index in [1.54, 1.807) is 24.5 Å². The Morgan fingerprint density at radius 3 is 2.83 bits per heavy atom. The Morgan fingerprint density at radius 2 is 2.17 bits per heavy atom. The number of nitrogens with one attached hydrogen (secondary N) is 1. The second-order valence-electron chi connectivity index (χ2n) is 4.03. The summed E-state index contributed by atoms with van der Waals surface area (Å²) < 4.78 is 0. The topological polar surface area (TPSA) is 62.2 Å². The lowest BCUT2D eigenvalue weighted by Crippen LogP contribution is -2.26. The van der Waals surface area contributed by atoms with Gasteiger partial charge in [-0.3, -0.25) is 9.78 Å². The third-order valence-corrected chi connectivity index (χ3v) is 2.64. The Morgan fingerprint density at radius 1 is 1.33 bits per heavy atom. The summed E-state index contributed by atoms with van der Waals surface area (Å²) in [4.78, 5) is 15.9. The molecule has 1 aromatic heterocycles. The predicted molar refractivity (Wildman–Crippen MR) is 68.2 cm³/mol. The highest BCUT2D eigenvalue weighted by Gasteiger charge is 2.11. The summed E-state index contributed by atoms with van der Waals surface area (Å²) in [7, 11) is 0. The van der Waals surface area contributed by atoms with Gasteiger partial charge in [0.25, 0.3) is 5.91 Å². The van der Waals surface area contributed by atoms with Crippen LogP contribution in [0.4, 0.5) is 0 Å². The van der Waals surface area contributed by atoms with E-state index in [0.29, 0.717) is 5.56 Å². The number of nitrogens with zero attached hydrogens (tertiary/aromatic N) is 1. The van der Waals surface area contributed by atoms with E-state index in [0.717, 1.165) is 5.56 Å². The van der Waals surface area contributed by atoms with Crippen molar-refractivity contribution in [2.45, 2.75) is 13.0 Å². The summed E-state index contributed by atoms with van der Waals surface area (Å²) in [5.41, 5.74) is 1.37. The number of phenols is 1. The molecule has 1 atom stereocenters. The van der Waals surface area contributed by atoms with Crippen molar-refractivity contribution >= 4 is 5.91 Å². The molecule has 0 saturated heterocycles. The van der Waals surface area contributed by atoms with E-state index in [-0.39, 0.29) is 17.7 Å². The van der Waals surface area contributed by atoms with Crippen molar-refractivity contribution in [1.29, 1.82) is 0 Å². The molecule has 0 fully saturated rings. The molecule has 18 heavy (non-hydrogen) atoms. The third kappa shape index (κ3) is 2.85. The van der Waals surface area contributed by atoms with Crippen LogP contribution in [-0.4, -0.2) is 16.0 Å². The Hall–Kier alpha value is -2.36. The molecule has 0 spiro atoms. The van der Waals surface area contributed by atoms with Gasteiger partial charge < -0.3 is 10.4 Å². The highest BCUT2D eigenvalue weighted by Crippen LogP contribution is 2.14. The van der Waals surface area contributed by atoms with Crippen molar-refractivity contribution < 1.29 is 9.90 Å². The van der Waals surface area contributed by atoms with Crippen LogP contribution in [0.5, 0.6) is 5.75 Å². The lowest BCUT2D eigenvalue weighted by molar-refractivity contribution is 0.0939. The molecule has 92 valence electrons. The van der Waals surface area contributed by atoms with E-state index < -0.39 is 0 Å². The molecule has 1 heterocycles. The first-order chi connectivity index (χ1) is 8.66. The van der Waals surface area contributed by atoms with E-state index in [1.165, 1.54) is 12.1 Å². The molecule has 0 radical (unpaired) electrons. The van der Waals surface area contributed by atoms with Gasteiger partial charge in [0, 0.05) is 18.0 Å². The number of rotatable bonds is 3. The Bertz CT molecular complexity index is 541. The van der Waals surface area contributed by atoms with Gasteiger partial charge in [-0.25, -0.2) is 0 Å². The minimum Gasteiger partial charge on any atom is -0.508 e. The number of amides is 1. The second kappa shape index (κ2) is 5.31. The number of carbonyl (C=O) groups is 1. The van der Waals surface area contributed by atoms with Crippen LogP contribution in [0.15, 0.2) is 48.8 Å². The van der Waals surface area contributed by atoms with Crippen molar-refractivity contribution in [3.63, 3.8) is 0 Å². The van der Waals surface area contributed by atoms with Crippen molar-refractivity contribution in [2.24, 2.45) is 0 Å². The summed E-state index contributed by atoms with van der Waals surface area (Å²) in [6.07, 6.45) is 3.40. The number of phenolic OH excluding ortho intramolecular Hbond substituents is 1. The van der Waals surface area contributed by atoms with E-state index >= 15 is 0 Å². The van der Waals surface area contributed by atoms with Crippen LogP contribution < -0.4 is 5.32 Å². The summed E-state index contributed by atoms with van der Waals surface area (Å²) >= 11 is 0. The number of carbonyl (C=O) groups excluding carboxylic acids is 1. The van der Waals surface area contributed by atoms with Crippen LogP contribution in [0.1, 0.15) is 28.9 Å². The van der Waals surface area contributed by atoms with Gasteiger partial charge >= 0.3 is 0 Å². The minimum absolute atomic E-state index is 0.0803. The summed E-state index contributed by atoms with van der Waals surface area (Å²) in [5, 5.41) is 12.2. The highest BCUT2D eigenvalue weighted by molar-refractivity contribution is 5.94. The normalized spacial score (nSPS) is 11.8. The van der Waals surface area contributed by atoms with Gasteiger partial charge in [0.05, 0.1) is 6.04 Å². The van der Waals surface area contributed by atoms with Gasteiger partial charge in [-0.2, -0.15) is 0 Å². The number of pyridine rings is 1. The molecule has 0 aliphatic rings. The molecule has 2 rings (SSSR count). The van der Waals surface area contributed by atoms with Crippen LogP contribution in [0.3, 0.4) is 0 Å². The number of hydrogen-bond acceptors (Lipinski definition) is 3. The smallest absolute Gasteiger partial charge is 0.251 e. The molecule has 1 aromatic carbocycles. The van der Waals surface area contributed by atoms with E-state index in [1.807, 2.05) is 19.1 Å². The van der Waals surface area contributed by atoms with Crippen LogP contribution in [-0.2, 0) is 0 Å². The van der Waals surface area contributed by atoms with E-state index in [9.17, 15) is 9.90 Å². The first-order valence-electron chi connectivity index (χ1n) is 5.66. The number of benzene rings is 1. The van der Waals surface area contributed by atoms with E-state index in [4.69, 9.17) is 0 Å². The Labute approximate surface area is 105 Å². The molecular weight excluding hydrogens is 228 g/mol. The van der Waals surface area contributed by atoms with Crippen LogP contribution >= 0.6 is 0 Å². The van der Waals surface area contributed by atoms with Crippen molar-refractivity contribution in [2.75, 3.05) is 0 Å². The van der Waals surface area contributed by atoms with Gasteiger partial charge in [-0.05, 0) is 36.8 Å². The summed E-state index contributed by atoms with van der Waals surface area (Å²) in [5.74, 6) is -0.140. The monoisotopic (exact) mass is 242 g/mol. The average molecular weight is 242 g/mol. The minimum atomic E-state index is -0.220. The van der Waals surface area contributed by atoms with Gasteiger partial charge in [-0.1, -0.05) is 12.1 Å². The van der Waals surface area contributed by atoms with Crippen LogP contribution in [0.25, 0.3) is 0 Å². The number of aromatic hydroxyl groups is 1. The molecule has 4 heteroatoms. The molecule has 1 amide bonds. The maximum atomic E-state index is 11.9. The molecule has 0 saturated carbocycles. The molecule has 2 N–H and O–H groups in total. The van der Waals surface area contributed by atoms with Crippen LogP contribution in [0, 0.1) is 0 Å². The van der Waals surface area contributed by atoms with Crippen molar-refractivity contribution in [3.05, 3.63) is 59.9 Å². The Balaban J connectivity index is 2.08.